The molecule has 3 N–H and O–H groups in total. The quantitative estimate of drug-likeness (QED) is 0.734. The number of primary amides is 1. The fourth-order valence-corrected chi connectivity index (χ4v) is 2.95. The zero-order valence-corrected chi connectivity index (χ0v) is 11.9. The third-order valence-corrected chi connectivity index (χ3v) is 4.02. The molecule has 2 aliphatic rings. The highest BCUT2D eigenvalue weighted by Crippen LogP contribution is 2.25. The minimum absolute atomic E-state index is 0.0622. The molecule has 1 aliphatic heterocycles. The van der Waals surface area contributed by atoms with Crippen LogP contribution in [0.15, 0.2) is 0 Å². The number of hydrogen-bond acceptors (Lipinski definition) is 4. The number of morpholine rings is 1. The van der Waals surface area contributed by atoms with Crippen LogP contribution in [0.3, 0.4) is 0 Å². The molecule has 3 amide bonds. The molecule has 0 radical (unpaired) electrons. The van der Waals surface area contributed by atoms with Gasteiger partial charge in [-0.05, 0) is 12.8 Å². The van der Waals surface area contributed by atoms with Crippen molar-refractivity contribution in [1.29, 1.82) is 0 Å². The number of carboxylic acids is 1. The van der Waals surface area contributed by atoms with Crippen LogP contribution in [0.2, 0.25) is 0 Å². The van der Waals surface area contributed by atoms with Gasteiger partial charge in [-0.1, -0.05) is 12.8 Å². The molecular formula is C13H21N3O5. The van der Waals surface area contributed by atoms with Gasteiger partial charge in [0, 0.05) is 12.6 Å². The monoisotopic (exact) mass is 299 g/mol. The average Bonchev–Trinajstić information content (AvgIpc) is 2.97. The van der Waals surface area contributed by atoms with Crippen LogP contribution >= 0.6 is 0 Å². The molecule has 0 aromatic carbocycles. The van der Waals surface area contributed by atoms with Gasteiger partial charge in [-0.25, -0.2) is 4.79 Å². The Bertz CT molecular complexity index is 422. The number of carbonyl (C=O) groups is 3. The molecule has 8 nitrogen and oxygen atoms in total. The molecular weight excluding hydrogens is 278 g/mol. The largest absolute Gasteiger partial charge is 0.480 e. The Kier molecular flexibility index (Phi) is 5.00. The van der Waals surface area contributed by atoms with Crippen molar-refractivity contribution >= 4 is 17.9 Å². The smallest absolute Gasteiger partial charge is 0.323 e. The van der Waals surface area contributed by atoms with E-state index < -0.39 is 23.9 Å². The summed E-state index contributed by atoms with van der Waals surface area (Å²) in [5, 5.41) is 9.04. The van der Waals surface area contributed by atoms with Gasteiger partial charge in [0.25, 0.3) is 0 Å². The van der Waals surface area contributed by atoms with Crippen LogP contribution in [0.5, 0.6) is 0 Å². The molecule has 0 aromatic heterocycles. The number of rotatable bonds is 4. The Morgan fingerprint density at radius 1 is 1.29 bits per heavy atom. The number of carbonyl (C=O) groups excluding carboxylic acids is 2. The van der Waals surface area contributed by atoms with Crippen LogP contribution in [0.25, 0.3) is 0 Å². The van der Waals surface area contributed by atoms with Gasteiger partial charge in [-0.3, -0.25) is 9.59 Å². The molecule has 118 valence electrons. The van der Waals surface area contributed by atoms with E-state index in [1.165, 1.54) is 9.80 Å². The van der Waals surface area contributed by atoms with E-state index in [0.717, 1.165) is 25.7 Å². The number of nitrogens with zero attached hydrogens (tertiary/aromatic N) is 2. The molecule has 1 aliphatic carbocycles. The van der Waals surface area contributed by atoms with Crippen molar-refractivity contribution in [3.05, 3.63) is 0 Å². The number of urea groups is 1. The number of hydrogen-bond donors (Lipinski definition) is 2. The van der Waals surface area contributed by atoms with E-state index >= 15 is 0 Å². The average molecular weight is 299 g/mol. The molecule has 1 saturated heterocycles. The molecule has 1 heterocycles. The van der Waals surface area contributed by atoms with Crippen molar-refractivity contribution in [3.63, 3.8) is 0 Å². The van der Waals surface area contributed by atoms with E-state index in [1.54, 1.807) is 0 Å². The number of nitrogens with two attached hydrogens (primary N) is 1. The zero-order valence-electron chi connectivity index (χ0n) is 11.9. The van der Waals surface area contributed by atoms with Crippen LogP contribution in [0.1, 0.15) is 25.7 Å². The zero-order chi connectivity index (χ0) is 15.4. The van der Waals surface area contributed by atoms with Crippen LogP contribution in [-0.2, 0) is 14.3 Å². The summed E-state index contributed by atoms with van der Waals surface area (Å²) in [7, 11) is 0. The van der Waals surface area contributed by atoms with Crippen molar-refractivity contribution < 1.29 is 24.2 Å². The van der Waals surface area contributed by atoms with Crippen LogP contribution < -0.4 is 5.73 Å². The minimum atomic E-state index is -1.06. The highest BCUT2D eigenvalue weighted by molar-refractivity contribution is 5.87. The Balaban J connectivity index is 2.14. The second-order valence-electron chi connectivity index (χ2n) is 5.43. The Morgan fingerprint density at radius 2 is 1.95 bits per heavy atom. The molecule has 0 aromatic rings. The summed E-state index contributed by atoms with van der Waals surface area (Å²) < 4.78 is 5.18. The molecule has 0 bridgehead atoms. The van der Waals surface area contributed by atoms with Crippen LogP contribution in [-0.4, -0.2) is 71.2 Å². The van der Waals surface area contributed by atoms with E-state index in [-0.39, 0.29) is 25.7 Å². The van der Waals surface area contributed by atoms with Gasteiger partial charge in [0.15, 0.2) is 0 Å². The summed E-state index contributed by atoms with van der Waals surface area (Å²) in [4.78, 5) is 37.8. The van der Waals surface area contributed by atoms with Gasteiger partial charge in [-0.2, -0.15) is 0 Å². The highest BCUT2D eigenvalue weighted by atomic mass is 16.5. The van der Waals surface area contributed by atoms with E-state index in [9.17, 15) is 14.4 Å². The number of aliphatic carboxylic acids is 1. The summed E-state index contributed by atoms with van der Waals surface area (Å²) in [6.45, 7) is 0.273. The number of ether oxygens (including phenoxy) is 1. The molecule has 1 unspecified atom stereocenters. The fraction of sp³-hybridized carbons (Fsp3) is 0.769. The maximum absolute atomic E-state index is 12.7. The lowest BCUT2D eigenvalue weighted by molar-refractivity contribution is -0.138. The summed E-state index contributed by atoms with van der Waals surface area (Å²) in [5.74, 6) is -1.69. The number of carboxylic acid groups (broad SMARTS) is 1. The Morgan fingerprint density at radius 3 is 2.52 bits per heavy atom. The van der Waals surface area contributed by atoms with Gasteiger partial charge < -0.3 is 25.4 Å². The lowest BCUT2D eigenvalue weighted by Gasteiger charge is -2.38. The van der Waals surface area contributed by atoms with Crippen LogP contribution in [0.4, 0.5) is 4.79 Å². The van der Waals surface area contributed by atoms with Gasteiger partial charge in [0.2, 0.25) is 5.91 Å². The molecule has 2 rings (SSSR count). The first-order valence-electron chi connectivity index (χ1n) is 7.17. The first-order valence-corrected chi connectivity index (χ1v) is 7.17. The van der Waals surface area contributed by atoms with Crippen molar-refractivity contribution in [1.82, 2.24) is 9.80 Å². The van der Waals surface area contributed by atoms with Crippen molar-refractivity contribution in [2.75, 3.05) is 26.3 Å². The highest BCUT2D eigenvalue weighted by Gasteiger charge is 2.37. The van der Waals surface area contributed by atoms with E-state index in [1.807, 2.05) is 0 Å². The SMILES string of the molecule is NC(=O)C1COCCN1C(=O)N(CC(=O)O)C1CCCC1. The maximum atomic E-state index is 12.7. The third-order valence-electron chi connectivity index (χ3n) is 4.02. The third kappa shape index (κ3) is 3.63. The number of amides is 3. The van der Waals surface area contributed by atoms with Gasteiger partial charge in [0.05, 0.1) is 13.2 Å². The van der Waals surface area contributed by atoms with Crippen molar-refractivity contribution in [2.24, 2.45) is 5.73 Å². The minimum Gasteiger partial charge on any atom is -0.480 e. The van der Waals surface area contributed by atoms with E-state index in [2.05, 4.69) is 0 Å². The van der Waals surface area contributed by atoms with Crippen molar-refractivity contribution in [3.8, 4) is 0 Å². The second-order valence-corrected chi connectivity index (χ2v) is 5.43. The predicted molar refractivity (Wildman–Crippen MR) is 72.5 cm³/mol. The van der Waals surface area contributed by atoms with E-state index in [4.69, 9.17) is 15.6 Å². The molecule has 2 fully saturated rings. The van der Waals surface area contributed by atoms with Crippen molar-refractivity contribution in [2.45, 2.75) is 37.8 Å². The first kappa shape index (κ1) is 15.6. The topological polar surface area (TPSA) is 113 Å². The molecule has 8 heteroatoms. The van der Waals surface area contributed by atoms with Gasteiger partial charge in [-0.15, -0.1) is 0 Å². The Hall–Kier alpha value is -1.83. The van der Waals surface area contributed by atoms with Gasteiger partial charge >= 0.3 is 12.0 Å². The molecule has 0 spiro atoms. The molecule has 21 heavy (non-hydrogen) atoms. The lowest BCUT2D eigenvalue weighted by atomic mass is 10.2. The standard InChI is InChI=1S/C13H21N3O5/c14-12(19)10-8-21-6-5-15(10)13(20)16(7-11(17)18)9-3-1-2-4-9/h9-10H,1-8H2,(H2,14,19)(H,17,18). The summed E-state index contributed by atoms with van der Waals surface area (Å²) in [5.41, 5.74) is 5.30. The summed E-state index contributed by atoms with van der Waals surface area (Å²) in [6, 6.07) is -1.34. The Labute approximate surface area is 122 Å². The molecule has 1 atom stereocenters. The second kappa shape index (κ2) is 6.75. The molecule has 1 saturated carbocycles. The summed E-state index contributed by atoms with van der Waals surface area (Å²) >= 11 is 0. The van der Waals surface area contributed by atoms with Crippen LogP contribution in [0, 0.1) is 0 Å². The summed E-state index contributed by atoms with van der Waals surface area (Å²) in [6.07, 6.45) is 3.56. The predicted octanol–water partition coefficient (Wildman–Crippen LogP) is -0.378. The lowest BCUT2D eigenvalue weighted by Crippen LogP contribution is -2.60. The van der Waals surface area contributed by atoms with E-state index in [0.29, 0.717) is 6.61 Å². The first-order chi connectivity index (χ1) is 10.0. The fourth-order valence-electron chi connectivity index (χ4n) is 2.95. The normalized spacial score (nSPS) is 23.0. The maximum Gasteiger partial charge on any atom is 0.323 e. The van der Waals surface area contributed by atoms with Gasteiger partial charge in [0.1, 0.15) is 12.6 Å².